The molecule has 0 saturated heterocycles. The molecule has 2 heterocycles. The summed E-state index contributed by atoms with van der Waals surface area (Å²) in [4.78, 5) is 10.7. The van der Waals surface area contributed by atoms with Gasteiger partial charge in [-0.25, -0.2) is 9.97 Å². The van der Waals surface area contributed by atoms with Gasteiger partial charge in [-0.2, -0.15) is 5.10 Å². The van der Waals surface area contributed by atoms with Gasteiger partial charge in [0, 0.05) is 22.3 Å². The van der Waals surface area contributed by atoms with Crippen molar-refractivity contribution in [1.82, 2.24) is 20.2 Å². The van der Waals surface area contributed by atoms with Crippen molar-refractivity contribution in [2.24, 2.45) is 0 Å². The largest absolute Gasteiger partial charge is 0.325 e. The molecule has 28 heavy (non-hydrogen) atoms. The van der Waals surface area contributed by atoms with E-state index in [-0.39, 0.29) is 0 Å². The average molecular weight is 388 g/mol. The van der Waals surface area contributed by atoms with Crippen LogP contribution in [0, 0.1) is 13.8 Å². The lowest BCUT2D eigenvalue weighted by atomic mass is 10.1. The van der Waals surface area contributed by atoms with Gasteiger partial charge >= 0.3 is 0 Å². The van der Waals surface area contributed by atoms with Gasteiger partial charge in [0.05, 0.1) is 11.2 Å². The Morgan fingerprint density at radius 2 is 1.86 bits per heavy atom. The molecule has 0 radical (unpaired) electrons. The lowest BCUT2D eigenvalue weighted by Gasteiger charge is -2.10. The molecule has 0 spiro atoms. The first kappa shape index (κ1) is 17.3. The highest BCUT2D eigenvalue weighted by Crippen LogP contribution is 2.40. The Balaban J connectivity index is 1.50. The minimum atomic E-state index is 0.616. The van der Waals surface area contributed by atoms with Crippen molar-refractivity contribution in [3.05, 3.63) is 65.4 Å². The summed E-state index contributed by atoms with van der Waals surface area (Å²) in [7, 11) is 0. The minimum absolute atomic E-state index is 0.616. The van der Waals surface area contributed by atoms with E-state index in [1.165, 1.54) is 24.0 Å². The zero-order valence-corrected chi connectivity index (χ0v) is 16.7. The quantitative estimate of drug-likeness (QED) is 0.427. The number of aromatic nitrogens is 4. The first-order chi connectivity index (χ1) is 13.7. The Kier molecular flexibility index (Phi) is 4.28. The number of hydrogen-bond acceptors (Lipinski definition) is 5. The maximum absolute atomic E-state index is 4.81. The molecule has 5 rings (SSSR count). The van der Waals surface area contributed by atoms with E-state index >= 15 is 0 Å². The zero-order valence-electron chi connectivity index (χ0n) is 15.9. The summed E-state index contributed by atoms with van der Waals surface area (Å²) in [6, 6.07) is 16.6. The molecule has 2 aromatic carbocycles. The summed E-state index contributed by atoms with van der Waals surface area (Å²) in [5.41, 5.74) is 4.62. The maximum Gasteiger partial charge on any atom is 0.195 e. The number of benzene rings is 2. The second-order valence-corrected chi connectivity index (χ2v) is 8.37. The highest BCUT2D eigenvalue weighted by Gasteiger charge is 2.26. The molecule has 2 aromatic heterocycles. The van der Waals surface area contributed by atoms with Crippen molar-refractivity contribution in [3.8, 4) is 0 Å². The monoisotopic (exact) mass is 387 g/mol. The number of fused-ring (bicyclic) bond motifs is 1. The standard InChI is InChI=1S/C22H21N5S/c1-13-7-10-16(11-14(13)2)28-22-23-18-6-4-3-5-17(18)21(25-22)24-20-12-19(26-27-20)15-8-9-15/h3-7,10-12,15H,8-9H2,1-2H3,(H2,23,24,25,26,27). The predicted molar refractivity (Wildman–Crippen MR) is 113 cm³/mol. The second kappa shape index (κ2) is 6.95. The molecule has 0 aliphatic heterocycles. The summed E-state index contributed by atoms with van der Waals surface area (Å²) < 4.78 is 0. The van der Waals surface area contributed by atoms with E-state index in [0.29, 0.717) is 5.92 Å². The Morgan fingerprint density at radius 3 is 2.68 bits per heavy atom. The number of anilines is 2. The van der Waals surface area contributed by atoms with Crippen LogP contribution in [0.1, 0.15) is 35.6 Å². The predicted octanol–water partition coefficient (Wildman–Crippen LogP) is 5.74. The van der Waals surface area contributed by atoms with Gasteiger partial charge in [-0.1, -0.05) is 18.2 Å². The van der Waals surface area contributed by atoms with E-state index in [1.807, 2.05) is 24.3 Å². The van der Waals surface area contributed by atoms with Crippen LogP contribution in [-0.4, -0.2) is 20.2 Å². The molecule has 1 fully saturated rings. The van der Waals surface area contributed by atoms with E-state index in [0.717, 1.165) is 38.3 Å². The van der Waals surface area contributed by atoms with Crippen molar-refractivity contribution in [2.45, 2.75) is 42.7 Å². The summed E-state index contributed by atoms with van der Waals surface area (Å²) in [6.45, 7) is 4.25. The van der Waals surface area contributed by atoms with Crippen molar-refractivity contribution in [2.75, 3.05) is 5.32 Å². The molecule has 2 N–H and O–H groups in total. The van der Waals surface area contributed by atoms with Crippen LogP contribution in [0.15, 0.2) is 58.6 Å². The molecule has 0 bridgehead atoms. The highest BCUT2D eigenvalue weighted by molar-refractivity contribution is 7.99. The second-order valence-electron chi connectivity index (χ2n) is 7.33. The Bertz CT molecular complexity index is 1160. The summed E-state index contributed by atoms with van der Waals surface area (Å²) in [5.74, 6) is 2.28. The molecule has 6 heteroatoms. The Morgan fingerprint density at radius 1 is 1.00 bits per heavy atom. The fraction of sp³-hybridized carbons (Fsp3) is 0.227. The third-order valence-corrected chi connectivity index (χ3v) is 5.97. The number of H-pyrrole nitrogens is 1. The highest BCUT2D eigenvalue weighted by atomic mass is 32.2. The zero-order chi connectivity index (χ0) is 19.1. The van der Waals surface area contributed by atoms with Crippen LogP contribution in [0.5, 0.6) is 0 Å². The van der Waals surface area contributed by atoms with Crippen molar-refractivity contribution in [1.29, 1.82) is 0 Å². The van der Waals surface area contributed by atoms with E-state index in [2.05, 4.69) is 53.6 Å². The lowest BCUT2D eigenvalue weighted by molar-refractivity contribution is 0.964. The third kappa shape index (κ3) is 3.47. The molecule has 1 aliphatic rings. The fourth-order valence-electron chi connectivity index (χ4n) is 3.20. The molecule has 0 atom stereocenters. The first-order valence-electron chi connectivity index (χ1n) is 9.50. The molecular formula is C22H21N5S. The maximum atomic E-state index is 4.81. The number of rotatable bonds is 5. The van der Waals surface area contributed by atoms with Gasteiger partial charge in [-0.05, 0) is 73.8 Å². The van der Waals surface area contributed by atoms with Crippen molar-refractivity contribution >= 4 is 34.3 Å². The van der Waals surface area contributed by atoms with Gasteiger partial charge < -0.3 is 5.32 Å². The van der Waals surface area contributed by atoms with Crippen LogP contribution in [-0.2, 0) is 0 Å². The van der Waals surface area contributed by atoms with E-state index in [1.54, 1.807) is 11.8 Å². The van der Waals surface area contributed by atoms with Crippen molar-refractivity contribution in [3.63, 3.8) is 0 Å². The Labute approximate surface area is 168 Å². The van der Waals surface area contributed by atoms with E-state index in [4.69, 9.17) is 9.97 Å². The number of nitrogens with one attached hydrogen (secondary N) is 2. The van der Waals surface area contributed by atoms with Gasteiger partial charge in [0.25, 0.3) is 0 Å². The molecule has 0 amide bonds. The van der Waals surface area contributed by atoms with Crippen LogP contribution >= 0.6 is 11.8 Å². The van der Waals surface area contributed by atoms with Gasteiger partial charge in [0.1, 0.15) is 11.6 Å². The van der Waals surface area contributed by atoms with Gasteiger partial charge in [-0.15, -0.1) is 0 Å². The number of aryl methyl sites for hydroxylation is 2. The fourth-order valence-corrected chi connectivity index (χ4v) is 4.06. The average Bonchev–Trinajstić information content (AvgIpc) is 3.44. The van der Waals surface area contributed by atoms with Crippen LogP contribution in [0.3, 0.4) is 0 Å². The van der Waals surface area contributed by atoms with Crippen LogP contribution in [0.2, 0.25) is 0 Å². The van der Waals surface area contributed by atoms with Crippen LogP contribution in [0.25, 0.3) is 10.9 Å². The topological polar surface area (TPSA) is 66.5 Å². The van der Waals surface area contributed by atoms with E-state index < -0.39 is 0 Å². The SMILES string of the molecule is Cc1ccc(Sc2nc(Nc3cc(C4CC4)n[nH]3)c3ccccc3n2)cc1C. The first-order valence-corrected chi connectivity index (χ1v) is 10.3. The number of hydrogen-bond donors (Lipinski definition) is 2. The normalized spacial score (nSPS) is 13.8. The number of aromatic amines is 1. The smallest absolute Gasteiger partial charge is 0.195 e. The minimum Gasteiger partial charge on any atom is -0.325 e. The van der Waals surface area contributed by atoms with E-state index in [9.17, 15) is 0 Å². The Hall–Kier alpha value is -2.86. The van der Waals surface area contributed by atoms with Crippen LogP contribution in [0.4, 0.5) is 11.6 Å². The molecule has 1 saturated carbocycles. The molecule has 5 nitrogen and oxygen atoms in total. The molecule has 4 aromatic rings. The lowest BCUT2D eigenvalue weighted by Crippen LogP contribution is -1.99. The van der Waals surface area contributed by atoms with Gasteiger partial charge in [0.2, 0.25) is 0 Å². The summed E-state index contributed by atoms with van der Waals surface area (Å²) in [6.07, 6.45) is 2.47. The molecule has 140 valence electrons. The van der Waals surface area contributed by atoms with Crippen LogP contribution < -0.4 is 5.32 Å². The molecular weight excluding hydrogens is 366 g/mol. The molecule has 0 unspecified atom stereocenters. The van der Waals surface area contributed by atoms with Crippen molar-refractivity contribution < 1.29 is 0 Å². The summed E-state index contributed by atoms with van der Waals surface area (Å²) >= 11 is 1.58. The van der Waals surface area contributed by atoms with Gasteiger partial charge in [-0.3, -0.25) is 5.10 Å². The summed E-state index contributed by atoms with van der Waals surface area (Å²) in [5, 5.41) is 12.7. The van der Waals surface area contributed by atoms with Gasteiger partial charge in [0.15, 0.2) is 5.16 Å². The molecule has 1 aliphatic carbocycles. The third-order valence-electron chi connectivity index (χ3n) is 5.12. The number of para-hydroxylation sites is 1. The number of nitrogens with zero attached hydrogens (tertiary/aromatic N) is 3.